The summed E-state index contributed by atoms with van der Waals surface area (Å²) < 4.78 is 18.3. The van der Waals surface area contributed by atoms with Crippen molar-refractivity contribution in [1.82, 2.24) is 0 Å². The summed E-state index contributed by atoms with van der Waals surface area (Å²) in [4.78, 5) is 0. The van der Waals surface area contributed by atoms with E-state index in [2.05, 4.69) is 28.1 Å². The van der Waals surface area contributed by atoms with Crippen LogP contribution in [0.5, 0.6) is 0 Å². The van der Waals surface area contributed by atoms with E-state index in [0.717, 1.165) is 0 Å². The van der Waals surface area contributed by atoms with Gasteiger partial charge in [-0.25, -0.2) is 0 Å². The van der Waals surface area contributed by atoms with Gasteiger partial charge in [0, 0.05) is 4.57 Å². The van der Waals surface area contributed by atoms with E-state index >= 15 is 0 Å². The first-order chi connectivity index (χ1) is 6.20. The van der Waals surface area contributed by atoms with Crippen LogP contribution in [0.25, 0.3) is 0 Å². The van der Waals surface area contributed by atoms with E-state index in [1.165, 1.54) is 19.8 Å². The molecule has 0 radical (unpaired) electrons. The maximum Gasteiger partial charge on any atom is 0.696 e. The second kappa shape index (κ2) is 7.87. The van der Waals surface area contributed by atoms with Gasteiger partial charge in [-0.15, -0.1) is 9.05 Å². The number of aryl methyl sites for hydroxylation is 1. The Morgan fingerprint density at radius 1 is 1.08 bits per heavy atom. The van der Waals surface area contributed by atoms with Gasteiger partial charge in [-0.3, -0.25) is 0 Å². The predicted octanol–water partition coefficient (Wildman–Crippen LogP) is 2.93. The van der Waals surface area contributed by atoms with Crippen molar-refractivity contribution in [3.8, 4) is 0 Å². The van der Waals surface area contributed by atoms with E-state index < -0.39 is 8.25 Å². The molecule has 0 unspecified atom stereocenters. The summed E-state index contributed by atoms with van der Waals surface area (Å²) in [5.74, 6) is 0. The zero-order valence-corrected chi connectivity index (χ0v) is 8.95. The van der Waals surface area contributed by atoms with Gasteiger partial charge in [-0.05, 0) is 6.92 Å². The first-order valence-corrected chi connectivity index (χ1v) is 4.87. The van der Waals surface area contributed by atoms with Crippen molar-refractivity contribution in [2.24, 2.45) is 0 Å². The first-order valence-electron chi connectivity index (χ1n) is 3.77. The molecule has 0 heterocycles. The quantitative estimate of drug-likeness (QED) is 0.690. The number of hydrogen-bond acceptors (Lipinski definition) is 3. The summed E-state index contributed by atoms with van der Waals surface area (Å²) in [7, 11) is 0.817. The van der Waals surface area contributed by atoms with Crippen LogP contribution in [0.4, 0.5) is 0 Å². The standard InChI is InChI=1S/C7H8.C2H6O3P/c1-7-5-3-2-4-6-7;1-4-6(3)5-2/h2-6H,1H3;1-2H3/q;+1. The molecule has 0 spiro atoms. The molecule has 0 aliphatic heterocycles. The molecule has 1 rings (SSSR count). The van der Waals surface area contributed by atoms with Crippen molar-refractivity contribution in [1.29, 1.82) is 0 Å². The van der Waals surface area contributed by atoms with E-state index in [-0.39, 0.29) is 0 Å². The van der Waals surface area contributed by atoms with Crippen LogP contribution in [0.2, 0.25) is 0 Å². The zero-order chi connectivity index (χ0) is 10.1. The third-order valence-electron chi connectivity index (χ3n) is 1.24. The Bertz CT molecular complexity index is 230. The predicted molar refractivity (Wildman–Crippen MR) is 52.8 cm³/mol. The van der Waals surface area contributed by atoms with Crippen molar-refractivity contribution in [2.75, 3.05) is 14.2 Å². The highest BCUT2D eigenvalue weighted by atomic mass is 31.1. The van der Waals surface area contributed by atoms with E-state index in [9.17, 15) is 4.57 Å². The van der Waals surface area contributed by atoms with E-state index in [0.29, 0.717) is 0 Å². The van der Waals surface area contributed by atoms with Crippen LogP contribution in [0.1, 0.15) is 5.56 Å². The molecular formula is C9H14O3P+. The zero-order valence-electron chi connectivity index (χ0n) is 8.06. The SMILES string of the molecule is CO[P+](=O)OC.Cc1ccccc1. The molecule has 0 aliphatic carbocycles. The van der Waals surface area contributed by atoms with Crippen molar-refractivity contribution in [2.45, 2.75) is 6.92 Å². The normalized spacial score (nSPS) is 8.54. The minimum atomic E-state index is -1.83. The number of hydrogen-bond donors (Lipinski definition) is 0. The Balaban J connectivity index is 0.000000226. The van der Waals surface area contributed by atoms with Crippen molar-refractivity contribution in [3.05, 3.63) is 35.9 Å². The molecule has 3 nitrogen and oxygen atoms in total. The lowest BCUT2D eigenvalue weighted by Gasteiger charge is -1.82. The molecule has 0 aromatic heterocycles. The summed E-state index contributed by atoms with van der Waals surface area (Å²) in [6.45, 7) is 2.08. The van der Waals surface area contributed by atoms with Gasteiger partial charge in [0.25, 0.3) is 0 Å². The van der Waals surface area contributed by atoms with Crippen molar-refractivity contribution in [3.63, 3.8) is 0 Å². The van der Waals surface area contributed by atoms with Gasteiger partial charge in [-0.2, -0.15) is 0 Å². The Morgan fingerprint density at radius 3 is 1.69 bits per heavy atom. The van der Waals surface area contributed by atoms with Crippen LogP contribution in [0, 0.1) is 6.92 Å². The number of benzene rings is 1. The summed E-state index contributed by atoms with van der Waals surface area (Å²) in [6, 6.07) is 10.3. The van der Waals surface area contributed by atoms with Crippen LogP contribution in [-0.2, 0) is 13.6 Å². The van der Waals surface area contributed by atoms with Gasteiger partial charge in [0.05, 0.1) is 14.2 Å². The largest absolute Gasteiger partial charge is 0.696 e. The highest BCUT2D eigenvalue weighted by Gasteiger charge is 2.10. The molecule has 0 atom stereocenters. The highest BCUT2D eigenvalue weighted by Crippen LogP contribution is 2.18. The van der Waals surface area contributed by atoms with Crippen LogP contribution in [0.3, 0.4) is 0 Å². The summed E-state index contributed by atoms with van der Waals surface area (Å²) in [6.07, 6.45) is 0. The third-order valence-corrected chi connectivity index (χ3v) is 1.83. The van der Waals surface area contributed by atoms with E-state index in [1.54, 1.807) is 0 Å². The molecular weight excluding hydrogens is 187 g/mol. The lowest BCUT2D eigenvalue weighted by atomic mass is 10.2. The summed E-state index contributed by atoms with van der Waals surface area (Å²) in [5.41, 5.74) is 1.32. The molecule has 0 fully saturated rings. The van der Waals surface area contributed by atoms with Crippen molar-refractivity contribution < 1.29 is 13.6 Å². The Morgan fingerprint density at radius 2 is 1.54 bits per heavy atom. The van der Waals surface area contributed by atoms with Gasteiger partial charge in [0.1, 0.15) is 0 Å². The summed E-state index contributed by atoms with van der Waals surface area (Å²) >= 11 is 0. The third kappa shape index (κ3) is 7.60. The topological polar surface area (TPSA) is 35.5 Å². The van der Waals surface area contributed by atoms with Gasteiger partial charge >= 0.3 is 8.25 Å². The van der Waals surface area contributed by atoms with Crippen LogP contribution < -0.4 is 0 Å². The number of rotatable bonds is 2. The van der Waals surface area contributed by atoms with E-state index in [4.69, 9.17) is 0 Å². The fraction of sp³-hybridized carbons (Fsp3) is 0.333. The Labute approximate surface area is 79.6 Å². The maximum absolute atomic E-state index is 9.88. The average Bonchev–Trinajstić information content (AvgIpc) is 2.19. The minimum Gasteiger partial charge on any atom is -0.122 e. The average molecular weight is 201 g/mol. The van der Waals surface area contributed by atoms with Gasteiger partial charge in [-0.1, -0.05) is 35.9 Å². The first kappa shape index (κ1) is 12.2. The molecule has 0 amide bonds. The highest BCUT2D eigenvalue weighted by molar-refractivity contribution is 7.33. The molecule has 0 saturated carbocycles. The monoisotopic (exact) mass is 201 g/mol. The Kier molecular flexibility index (Phi) is 7.41. The minimum absolute atomic E-state index is 1.32. The second-order valence-corrected chi connectivity index (χ2v) is 3.42. The van der Waals surface area contributed by atoms with Crippen molar-refractivity contribution >= 4 is 8.25 Å². The fourth-order valence-electron chi connectivity index (χ4n) is 0.609. The molecule has 13 heavy (non-hydrogen) atoms. The smallest absolute Gasteiger partial charge is 0.122 e. The molecule has 1 aromatic rings. The van der Waals surface area contributed by atoms with E-state index in [1.807, 2.05) is 18.2 Å². The van der Waals surface area contributed by atoms with Gasteiger partial charge in [0.2, 0.25) is 0 Å². The second-order valence-electron chi connectivity index (χ2n) is 2.24. The maximum atomic E-state index is 9.88. The van der Waals surface area contributed by atoms with Crippen LogP contribution >= 0.6 is 8.25 Å². The summed E-state index contributed by atoms with van der Waals surface area (Å²) in [5, 5.41) is 0. The van der Waals surface area contributed by atoms with Gasteiger partial charge < -0.3 is 0 Å². The lowest BCUT2D eigenvalue weighted by Crippen LogP contribution is -1.66. The fourth-order valence-corrected chi connectivity index (χ4v) is 0.758. The molecule has 4 heteroatoms. The molecule has 1 aromatic carbocycles. The molecule has 72 valence electrons. The molecule has 0 saturated heterocycles. The lowest BCUT2D eigenvalue weighted by molar-refractivity contribution is 0.302. The molecule has 0 N–H and O–H groups in total. The Hall–Kier alpha value is -0.760. The van der Waals surface area contributed by atoms with Crippen LogP contribution in [-0.4, -0.2) is 14.2 Å². The molecule has 0 bridgehead atoms. The van der Waals surface area contributed by atoms with Crippen LogP contribution in [0.15, 0.2) is 30.3 Å². The van der Waals surface area contributed by atoms with Gasteiger partial charge in [0.15, 0.2) is 0 Å². The molecule has 0 aliphatic rings.